The molecule has 0 aromatic heterocycles. The van der Waals surface area contributed by atoms with Crippen molar-refractivity contribution >= 4 is 0 Å². The van der Waals surface area contributed by atoms with Gasteiger partial charge in [0.2, 0.25) is 0 Å². The number of aliphatic hydroxyl groups excluding tert-OH is 3. The first-order chi connectivity index (χ1) is 6.07. The van der Waals surface area contributed by atoms with Crippen LogP contribution in [0.25, 0.3) is 0 Å². The van der Waals surface area contributed by atoms with Crippen LogP contribution in [-0.2, 0) is 4.74 Å². The first-order valence-electron chi connectivity index (χ1n) is 4.53. The van der Waals surface area contributed by atoms with E-state index in [4.69, 9.17) is 10.5 Å². The zero-order chi connectivity index (χ0) is 10.0. The second kappa shape index (κ2) is 4.34. The molecule has 5 nitrogen and oxygen atoms in total. The van der Waals surface area contributed by atoms with Gasteiger partial charge in [-0.3, -0.25) is 0 Å². The van der Waals surface area contributed by atoms with Crippen molar-refractivity contribution in [1.82, 2.24) is 0 Å². The van der Waals surface area contributed by atoms with E-state index in [0.717, 1.165) is 6.42 Å². The highest BCUT2D eigenvalue weighted by Gasteiger charge is 2.41. The first-order valence-corrected chi connectivity index (χ1v) is 4.53. The lowest BCUT2D eigenvalue weighted by Crippen LogP contribution is -2.60. The highest BCUT2D eigenvalue weighted by molar-refractivity contribution is 4.90. The summed E-state index contributed by atoms with van der Waals surface area (Å²) in [4.78, 5) is 0. The van der Waals surface area contributed by atoms with Crippen LogP contribution in [0.15, 0.2) is 0 Å². The Morgan fingerprint density at radius 2 is 1.85 bits per heavy atom. The van der Waals surface area contributed by atoms with E-state index in [0.29, 0.717) is 6.42 Å². The number of hydrogen-bond acceptors (Lipinski definition) is 5. The Hall–Kier alpha value is -0.200. The quantitative estimate of drug-likeness (QED) is 0.428. The standard InChI is InChI=1S/C8H17NO4/c1-2-3-4-6(10)7(11)5(9)8(12)13-4/h4-8,10-12H,2-3,9H2,1H3. The summed E-state index contributed by atoms with van der Waals surface area (Å²) in [6, 6.07) is -0.928. The number of rotatable bonds is 2. The average Bonchev–Trinajstić information content (AvgIpc) is 2.11. The molecule has 0 bridgehead atoms. The van der Waals surface area contributed by atoms with Crippen LogP contribution in [0.5, 0.6) is 0 Å². The summed E-state index contributed by atoms with van der Waals surface area (Å²) in [7, 11) is 0. The largest absolute Gasteiger partial charge is 0.388 e. The predicted molar refractivity (Wildman–Crippen MR) is 45.8 cm³/mol. The summed E-state index contributed by atoms with van der Waals surface area (Å²) < 4.78 is 5.04. The minimum atomic E-state index is -1.19. The molecule has 78 valence electrons. The van der Waals surface area contributed by atoms with E-state index in [-0.39, 0.29) is 0 Å². The van der Waals surface area contributed by atoms with Crippen LogP contribution in [0.2, 0.25) is 0 Å². The third kappa shape index (κ3) is 2.18. The van der Waals surface area contributed by atoms with Crippen molar-refractivity contribution in [2.45, 2.75) is 50.4 Å². The molecule has 1 heterocycles. The first kappa shape index (κ1) is 10.9. The second-order valence-electron chi connectivity index (χ2n) is 3.41. The van der Waals surface area contributed by atoms with E-state index in [9.17, 15) is 15.3 Å². The van der Waals surface area contributed by atoms with Crippen molar-refractivity contribution in [3.05, 3.63) is 0 Å². The van der Waals surface area contributed by atoms with Crippen molar-refractivity contribution in [3.63, 3.8) is 0 Å². The SMILES string of the molecule is CCCC1OC(O)C(N)C(O)C1O. The van der Waals surface area contributed by atoms with Crippen LogP contribution in [0, 0.1) is 0 Å². The molecule has 0 saturated carbocycles. The fourth-order valence-corrected chi connectivity index (χ4v) is 1.49. The maximum atomic E-state index is 9.49. The van der Waals surface area contributed by atoms with Crippen LogP contribution in [-0.4, -0.2) is 46.0 Å². The Kier molecular flexibility index (Phi) is 3.63. The van der Waals surface area contributed by atoms with Crippen LogP contribution < -0.4 is 5.73 Å². The van der Waals surface area contributed by atoms with Crippen LogP contribution in [0.1, 0.15) is 19.8 Å². The molecule has 1 aliphatic heterocycles. The van der Waals surface area contributed by atoms with Gasteiger partial charge in [0.15, 0.2) is 6.29 Å². The van der Waals surface area contributed by atoms with Gasteiger partial charge in [-0.25, -0.2) is 0 Å². The highest BCUT2D eigenvalue weighted by atomic mass is 16.6. The van der Waals surface area contributed by atoms with Crippen molar-refractivity contribution in [2.75, 3.05) is 0 Å². The Bertz CT molecular complexity index is 166. The molecule has 0 radical (unpaired) electrons. The molecule has 5 N–H and O–H groups in total. The van der Waals surface area contributed by atoms with E-state index >= 15 is 0 Å². The highest BCUT2D eigenvalue weighted by Crippen LogP contribution is 2.21. The molecule has 1 aliphatic rings. The lowest BCUT2D eigenvalue weighted by molar-refractivity contribution is -0.243. The van der Waals surface area contributed by atoms with Gasteiger partial charge in [0.05, 0.1) is 12.1 Å². The second-order valence-corrected chi connectivity index (χ2v) is 3.41. The maximum absolute atomic E-state index is 9.49. The number of ether oxygens (including phenoxy) is 1. The molecule has 0 spiro atoms. The van der Waals surface area contributed by atoms with Gasteiger partial charge in [0, 0.05) is 0 Å². The van der Waals surface area contributed by atoms with E-state index in [1.807, 2.05) is 6.92 Å². The minimum Gasteiger partial charge on any atom is -0.388 e. The molecule has 5 atom stereocenters. The Labute approximate surface area is 77.1 Å². The van der Waals surface area contributed by atoms with Gasteiger partial charge in [0.1, 0.15) is 12.2 Å². The van der Waals surface area contributed by atoms with E-state index in [1.54, 1.807) is 0 Å². The zero-order valence-corrected chi connectivity index (χ0v) is 7.63. The summed E-state index contributed by atoms with van der Waals surface area (Å²) in [6.45, 7) is 1.93. The molecular formula is C8H17NO4. The van der Waals surface area contributed by atoms with Crippen molar-refractivity contribution in [3.8, 4) is 0 Å². The van der Waals surface area contributed by atoms with Crippen molar-refractivity contribution < 1.29 is 20.1 Å². The van der Waals surface area contributed by atoms with E-state index in [1.165, 1.54) is 0 Å². The van der Waals surface area contributed by atoms with Gasteiger partial charge in [-0.2, -0.15) is 0 Å². The number of nitrogens with two attached hydrogens (primary N) is 1. The van der Waals surface area contributed by atoms with Crippen molar-refractivity contribution in [2.24, 2.45) is 5.73 Å². The minimum absolute atomic E-state index is 0.519. The lowest BCUT2D eigenvalue weighted by atomic mass is 9.95. The summed E-state index contributed by atoms with van der Waals surface area (Å²) >= 11 is 0. The topological polar surface area (TPSA) is 95.9 Å². The van der Waals surface area contributed by atoms with E-state index < -0.39 is 30.6 Å². The fraction of sp³-hybridized carbons (Fsp3) is 1.00. The Morgan fingerprint density at radius 3 is 2.38 bits per heavy atom. The number of aliphatic hydroxyl groups is 3. The van der Waals surface area contributed by atoms with E-state index in [2.05, 4.69) is 0 Å². The van der Waals surface area contributed by atoms with Gasteiger partial charge in [-0.1, -0.05) is 13.3 Å². The Balaban J connectivity index is 2.59. The summed E-state index contributed by atoms with van der Waals surface area (Å²) in [5, 5.41) is 28.1. The fourth-order valence-electron chi connectivity index (χ4n) is 1.49. The van der Waals surface area contributed by atoms with Crippen molar-refractivity contribution in [1.29, 1.82) is 0 Å². The smallest absolute Gasteiger partial charge is 0.172 e. The van der Waals surface area contributed by atoms with Gasteiger partial charge in [-0.15, -0.1) is 0 Å². The summed E-state index contributed by atoms with van der Waals surface area (Å²) in [6.07, 6.45) is -2.40. The number of hydrogen-bond donors (Lipinski definition) is 4. The Morgan fingerprint density at radius 1 is 1.23 bits per heavy atom. The van der Waals surface area contributed by atoms with Gasteiger partial charge in [-0.05, 0) is 6.42 Å². The zero-order valence-electron chi connectivity index (χ0n) is 7.63. The molecular weight excluding hydrogens is 174 g/mol. The molecule has 5 heteroatoms. The van der Waals surface area contributed by atoms with Crippen LogP contribution in [0.4, 0.5) is 0 Å². The monoisotopic (exact) mass is 191 g/mol. The molecule has 1 saturated heterocycles. The summed E-state index contributed by atoms with van der Waals surface area (Å²) in [5.41, 5.74) is 5.39. The molecule has 0 amide bonds. The third-order valence-corrected chi connectivity index (χ3v) is 2.34. The molecule has 1 fully saturated rings. The van der Waals surface area contributed by atoms with Crippen LogP contribution in [0.3, 0.4) is 0 Å². The van der Waals surface area contributed by atoms with Gasteiger partial charge < -0.3 is 25.8 Å². The lowest BCUT2D eigenvalue weighted by Gasteiger charge is -2.39. The third-order valence-electron chi connectivity index (χ3n) is 2.34. The van der Waals surface area contributed by atoms with Crippen LogP contribution >= 0.6 is 0 Å². The van der Waals surface area contributed by atoms with Gasteiger partial charge in [0.25, 0.3) is 0 Å². The molecule has 0 aliphatic carbocycles. The average molecular weight is 191 g/mol. The maximum Gasteiger partial charge on any atom is 0.172 e. The molecule has 0 aromatic carbocycles. The summed E-state index contributed by atoms with van der Waals surface area (Å²) in [5.74, 6) is 0. The normalized spacial score (nSPS) is 46.4. The molecule has 1 rings (SSSR count). The molecule has 5 unspecified atom stereocenters. The predicted octanol–water partition coefficient (Wildman–Crippen LogP) is -1.45. The molecule has 13 heavy (non-hydrogen) atoms. The van der Waals surface area contributed by atoms with Gasteiger partial charge >= 0.3 is 0 Å². The molecule has 0 aromatic rings.